The average Bonchev–Trinajstić information content (AvgIpc) is 2.69. The van der Waals surface area contributed by atoms with Crippen LogP contribution in [0.15, 0.2) is 72.8 Å². The molecule has 5 heteroatoms. The van der Waals surface area contributed by atoms with Crippen LogP contribution in [0.1, 0.15) is 24.0 Å². The lowest BCUT2D eigenvalue weighted by atomic mass is 9.96. The first-order valence-electron chi connectivity index (χ1n) is 8.97. The molecule has 142 valence electrons. The van der Waals surface area contributed by atoms with E-state index in [9.17, 15) is 9.18 Å². The van der Waals surface area contributed by atoms with Crippen molar-refractivity contribution in [1.29, 1.82) is 0 Å². The highest BCUT2D eigenvalue weighted by molar-refractivity contribution is 7.80. The second-order valence-electron chi connectivity index (χ2n) is 6.64. The van der Waals surface area contributed by atoms with E-state index in [2.05, 4.69) is 10.6 Å². The molecular formula is C23H21FN2OS. The molecule has 0 fully saturated rings. The summed E-state index contributed by atoms with van der Waals surface area (Å²) in [5.74, 6) is -1.20. The Hall–Kier alpha value is -3.05. The van der Waals surface area contributed by atoms with E-state index in [0.717, 1.165) is 16.8 Å². The van der Waals surface area contributed by atoms with Crippen LogP contribution in [-0.2, 0) is 4.79 Å². The average molecular weight is 392 g/mol. The van der Waals surface area contributed by atoms with Gasteiger partial charge in [-0.3, -0.25) is 4.79 Å². The van der Waals surface area contributed by atoms with Crippen LogP contribution in [0.25, 0.3) is 11.1 Å². The molecule has 3 rings (SSSR count). The van der Waals surface area contributed by atoms with Crippen molar-refractivity contribution in [2.45, 2.75) is 19.8 Å². The number of aryl methyl sites for hydroxylation is 1. The lowest BCUT2D eigenvalue weighted by Gasteiger charge is -2.15. The first-order chi connectivity index (χ1) is 13.4. The maximum atomic E-state index is 14.6. The minimum atomic E-state index is -0.544. The highest BCUT2D eigenvalue weighted by Crippen LogP contribution is 2.26. The summed E-state index contributed by atoms with van der Waals surface area (Å²) < 4.78 is 14.6. The van der Waals surface area contributed by atoms with Gasteiger partial charge in [0.15, 0.2) is 5.11 Å². The zero-order valence-corrected chi connectivity index (χ0v) is 16.5. The van der Waals surface area contributed by atoms with Gasteiger partial charge < -0.3 is 10.6 Å². The summed E-state index contributed by atoms with van der Waals surface area (Å²) in [4.78, 5) is 12.5. The first-order valence-corrected chi connectivity index (χ1v) is 9.38. The van der Waals surface area contributed by atoms with Gasteiger partial charge in [-0.1, -0.05) is 60.2 Å². The van der Waals surface area contributed by atoms with Crippen molar-refractivity contribution in [3.8, 4) is 11.1 Å². The Morgan fingerprint density at radius 3 is 2.32 bits per heavy atom. The van der Waals surface area contributed by atoms with E-state index >= 15 is 0 Å². The summed E-state index contributed by atoms with van der Waals surface area (Å²) in [6.07, 6.45) is 0. The fourth-order valence-electron chi connectivity index (χ4n) is 2.82. The predicted molar refractivity (Wildman–Crippen MR) is 116 cm³/mol. The van der Waals surface area contributed by atoms with Gasteiger partial charge >= 0.3 is 0 Å². The number of hydrogen-bond acceptors (Lipinski definition) is 2. The molecule has 0 saturated carbocycles. The molecule has 0 aliphatic rings. The maximum Gasteiger partial charge on any atom is 0.233 e. The Labute approximate surface area is 169 Å². The first kappa shape index (κ1) is 19.7. The summed E-state index contributed by atoms with van der Waals surface area (Å²) >= 11 is 5.21. The summed E-state index contributed by atoms with van der Waals surface area (Å²) in [6, 6.07) is 21.9. The van der Waals surface area contributed by atoms with Crippen molar-refractivity contribution in [1.82, 2.24) is 5.32 Å². The zero-order valence-electron chi connectivity index (χ0n) is 15.7. The van der Waals surface area contributed by atoms with Gasteiger partial charge in [0.25, 0.3) is 0 Å². The van der Waals surface area contributed by atoms with Gasteiger partial charge in [-0.15, -0.1) is 0 Å². The topological polar surface area (TPSA) is 41.1 Å². The van der Waals surface area contributed by atoms with Crippen LogP contribution in [0, 0.1) is 12.7 Å². The van der Waals surface area contributed by atoms with E-state index in [4.69, 9.17) is 12.2 Å². The molecule has 1 atom stereocenters. The number of hydrogen-bond donors (Lipinski definition) is 2. The Morgan fingerprint density at radius 1 is 1.00 bits per heavy atom. The van der Waals surface area contributed by atoms with E-state index in [0.29, 0.717) is 11.1 Å². The summed E-state index contributed by atoms with van der Waals surface area (Å²) in [5.41, 5.74) is 3.82. The summed E-state index contributed by atoms with van der Waals surface area (Å²) in [6.45, 7) is 3.72. The Kier molecular flexibility index (Phi) is 6.16. The summed E-state index contributed by atoms with van der Waals surface area (Å²) in [7, 11) is 0. The van der Waals surface area contributed by atoms with E-state index in [1.54, 1.807) is 19.1 Å². The smallest absolute Gasteiger partial charge is 0.233 e. The molecule has 3 nitrogen and oxygen atoms in total. The number of anilines is 1. The fourth-order valence-corrected chi connectivity index (χ4v) is 3.04. The number of amides is 1. The third-order valence-electron chi connectivity index (χ3n) is 4.52. The molecular weight excluding hydrogens is 371 g/mol. The summed E-state index contributed by atoms with van der Waals surface area (Å²) in [5, 5.41) is 5.85. The van der Waals surface area contributed by atoms with E-state index in [1.807, 2.05) is 61.5 Å². The molecule has 0 saturated heterocycles. The van der Waals surface area contributed by atoms with Gasteiger partial charge in [0.1, 0.15) is 5.82 Å². The van der Waals surface area contributed by atoms with E-state index in [-0.39, 0.29) is 16.8 Å². The lowest BCUT2D eigenvalue weighted by molar-refractivity contribution is -0.120. The van der Waals surface area contributed by atoms with Crippen LogP contribution in [0.5, 0.6) is 0 Å². The third-order valence-corrected chi connectivity index (χ3v) is 4.72. The highest BCUT2D eigenvalue weighted by Gasteiger charge is 2.18. The Morgan fingerprint density at radius 2 is 1.68 bits per heavy atom. The van der Waals surface area contributed by atoms with Crippen LogP contribution in [-0.4, -0.2) is 11.0 Å². The number of rotatable bonds is 4. The molecule has 0 aliphatic carbocycles. The minimum absolute atomic E-state index is 0.210. The van der Waals surface area contributed by atoms with Crippen molar-refractivity contribution in [2.75, 3.05) is 5.32 Å². The maximum absolute atomic E-state index is 14.6. The van der Waals surface area contributed by atoms with E-state index in [1.165, 1.54) is 6.07 Å². The van der Waals surface area contributed by atoms with E-state index < -0.39 is 5.92 Å². The molecule has 0 aliphatic heterocycles. The molecule has 3 aromatic carbocycles. The minimum Gasteiger partial charge on any atom is -0.332 e. The Balaban J connectivity index is 1.66. The van der Waals surface area contributed by atoms with Crippen molar-refractivity contribution in [3.05, 3.63) is 89.7 Å². The second kappa shape index (κ2) is 8.76. The SMILES string of the molecule is Cc1ccc(NC(=S)NC(=O)C(C)c2ccc(-c3ccccc3)c(F)c2)cc1. The molecule has 1 amide bonds. The van der Waals surface area contributed by atoms with Crippen LogP contribution >= 0.6 is 12.2 Å². The van der Waals surface area contributed by atoms with Crippen LogP contribution in [0.3, 0.4) is 0 Å². The fraction of sp³-hybridized carbons (Fsp3) is 0.130. The molecule has 3 aromatic rings. The van der Waals surface area contributed by atoms with Crippen LogP contribution in [0.2, 0.25) is 0 Å². The van der Waals surface area contributed by atoms with Gasteiger partial charge in [0.2, 0.25) is 5.91 Å². The monoisotopic (exact) mass is 392 g/mol. The molecule has 0 aromatic heterocycles. The van der Waals surface area contributed by atoms with Crippen LogP contribution < -0.4 is 10.6 Å². The van der Waals surface area contributed by atoms with Gasteiger partial charge in [-0.2, -0.15) is 0 Å². The normalized spacial score (nSPS) is 11.5. The second-order valence-corrected chi connectivity index (χ2v) is 7.04. The van der Waals surface area contributed by atoms with Crippen molar-refractivity contribution < 1.29 is 9.18 Å². The van der Waals surface area contributed by atoms with Gasteiger partial charge in [-0.25, -0.2) is 4.39 Å². The number of nitrogens with one attached hydrogen (secondary N) is 2. The molecule has 28 heavy (non-hydrogen) atoms. The molecule has 0 heterocycles. The number of carbonyl (C=O) groups is 1. The largest absolute Gasteiger partial charge is 0.332 e. The molecule has 0 spiro atoms. The number of carbonyl (C=O) groups excluding carboxylic acids is 1. The van der Waals surface area contributed by atoms with Crippen molar-refractivity contribution >= 4 is 28.9 Å². The standard InChI is InChI=1S/C23H21FN2OS/c1-15-8-11-19(12-9-15)25-23(28)26-22(27)16(2)18-10-13-20(21(24)14-18)17-6-4-3-5-7-17/h3-14,16H,1-2H3,(H2,25,26,27,28). The number of benzene rings is 3. The van der Waals surface area contributed by atoms with Gasteiger partial charge in [0.05, 0.1) is 5.92 Å². The highest BCUT2D eigenvalue weighted by atomic mass is 32.1. The molecule has 0 bridgehead atoms. The molecule has 1 unspecified atom stereocenters. The van der Waals surface area contributed by atoms with Crippen molar-refractivity contribution in [3.63, 3.8) is 0 Å². The third kappa shape index (κ3) is 4.81. The zero-order chi connectivity index (χ0) is 20.1. The molecule has 2 N–H and O–H groups in total. The van der Waals surface area contributed by atoms with Gasteiger partial charge in [-0.05, 0) is 55.4 Å². The lowest BCUT2D eigenvalue weighted by Crippen LogP contribution is -2.36. The van der Waals surface area contributed by atoms with Crippen LogP contribution in [0.4, 0.5) is 10.1 Å². The molecule has 0 radical (unpaired) electrons. The predicted octanol–water partition coefficient (Wildman–Crippen LogP) is 5.42. The quantitative estimate of drug-likeness (QED) is 0.583. The number of halogens is 1. The Bertz CT molecular complexity index is 987. The van der Waals surface area contributed by atoms with Crippen molar-refractivity contribution in [2.24, 2.45) is 0 Å². The number of thiocarbonyl (C=S) groups is 1. The van der Waals surface area contributed by atoms with Gasteiger partial charge in [0, 0.05) is 11.3 Å².